The van der Waals surface area contributed by atoms with Crippen molar-refractivity contribution in [3.8, 4) is 0 Å². The average molecular weight is 562 g/mol. The molecule has 6 rings (SSSR count). The summed E-state index contributed by atoms with van der Waals surface area (Å²) in [4.78, 5) is 33.9. The molecule has 40 heavy (non-hydrogen) atoms. The standard InChI is InChI=1S/C28H34F3N5O4/c29-28(30,31)19-11-21-14-34(7-8-36(21)27(38)12-19)17-26(37)33-23-15-35(20-4-9-39-10-5-20)16-25(23)40-24-2-1-18-3-6-32-13-22(18)24/h3,6,11-13,20,23-25H,1-2,4-5,7-10,14-17H2,(H,33,37)/t23?,24?,25-/m0/s1. The molecule has 1 amide bonds. The van der Waals surface area contributed by atoms with Crippen molar-refractivity contribution >= 4 is 5.91 Å². The number of hydrogen-bond acceptors (Lipinski definition) is 7. The van der Waals surface area contributed by atoms with E-state index in [-0.39, 0.29) is 49.5 Å². The molecule has 216 valence electrons. The lowest BCUT2D eigenvalue weighted by molar-refractivity contribution is -0.138. The summed E-state index contributed by atoms with van der Waals surface area (Å²) in [7, 11) is 0. The van der Waals surface area contributed by atoms with Gasteiger partial charge in [-0.3, -0.25) is 24.4 Å². The molecule has 0 spiro atoms. The highest BCUT2D eigenvalue weighted by molar-refractivity contribution is 5.78. The fraction of sp³-hybridized carbons (Fsp3) is 0.607. The van der Waals surface area contributed by atoms with Gasteiger partial charge in [-0.25, -0.2) is 0 Å². The summed E-state index contributed by atoms with van der Waals surface area (Å²) < 4.78 is 53.3. The van der Waals surface area contributed by atoms with Crippen molar-refractivity contribution in [1.29, 1.82) is 0 Å². The van der Waals surface area contributed by atoms with Gasteiger partial charge in [-0.1, -0.05) is 0 Å². The first kappa shape index (κ1) is 27.4. The van der Waals surface area contributed by atoms with Crippen molar-refractivity contribution in [2.24, 2.45) is 0 Å². The van der Waals surface area contributed by atoms with Crippen LogP contribution in [-0.4, -0.2) is 82.8 Å². The monoisotopic (exact) mass is 561 g/mol. The highest BCUT2D eigenvalue weighted by atomic mass is 19.4. The Kier molecular flexibility index (Phi) is 7.68. The number of carbonyl (C=O) groups is 1. The van der Waals surface area contributed by atoms with Gasteiger partial charge in [-0.2, -0.15) is 13.2 Å². The molecule has 0 radical (unpaired) electrons. The molecular weight excluding hydrogens is 527 g/mol. The van der Waals surface area contributed by atoms with Gasteiger partial charge in [0.25, 0.3) is 5.56 Å². The van der Waals surface area contributed by atoms with Crippen molar-refractivity contribution in [3.63, 3.8) is 0 Å². The molecule has 3 atom stereocenters. The molecule has 2 fully saturated rings. The van der Waals surface area contributed by atoms with Crippen LogP contribution in [0.4, 0.5) is 13.2 Å². The van der Waals surface area contributed by atoms with Crippen LogP contribution >= 0.6 is 0 Å². The number of aromatic nitrogens is 2. The fourth-order valence-electron chi connectivity index (χ4n) is 6.52. The molecule has 1 N–H and O–H groups in total. The Hall–Kier alpha value is -2.80. The number of likely N-dealkylation sites (tertiary alicyclic amines) is 1. The zero-order valence-corrected chi connectivity index (χ0v) is 22.2. The maximum Gasteiger partial charge on any atom is 0.416 e. The molecule has 0 aromatic carbocycles. The van der Waals surface area contributed by atoms with Crippen molar-refractivity contribution in [1.82, 2.24) is 24.7 Å². The first-order chi connectivity index (χ1) is 19.2. The summed E-state index contributed by atoms with van der Waals surface area (Å²) in [6.45, 7) is 3.58. The number of fused-ring (bicyclic) bond motifs is 2. The van der Waals surface area contributed by atoms with Crippen LogP contribution in [0.2, 0.25) is 0 Å². The Labute approximate surface area is 230 Å². The van der Waals surface area contributed by atoms with Crippen LogP contribution in [0.15, 0.2) is 35.4 Å². The third-order valence-corrected chi connectivity index (χ3v) is 8.59. The van der Waals surface area contributed by atoms with E-state index in [1.807, 2.05) is 12.3 Å². The van der Waals surface area contributed by atoms with Crippen molar-refractivity contribution in [2.45, 2.75) is 69.2 Å². The number of pyridine rings is 2. The van der Waals surface area contributed by atoms with Gasteiger partial charge in [0.05, 0.1) is 30.4 Å². The Bertz CT molecular complexity index is 1300. The fourth-order valence-corrected chi connectivity index (χ4v) is 6.52. The second-order valence-electron chi connectivity index (χ2n) is 11.2. The minimum absolute atomic E-state index is 0.0289. The molecule has 1 aliphatic carbocycles. The SMILES string of the molecule is O=C(CN1CCn2c(cc(C(F)(F)F)cc2=O)C1)NC1CN(C2CCOCC2)C[C@@H]1OC1CCc2ccncc21. The number of amides is 1. The highest BCUT2D eigenvalue weighted by Gasteiger charge is 2.41. The largest absolute Gasteiger partial charge is 0.416 e. The van der Waals surface area contributed by atoms with Gasteiger partial charge in [0.1, 0.15) is 0 Å². The number of ether oxygens (including phenoxy) is 2. The van der Waals surface area contributed by atoms with E-state index in [0.717, 1.165) is 50.5 Å². The van der Waals surface area contributed by atoms with Crippen LogP contribution in [-0.2, 0) is 40.0 Å². The molecule has 2 unspecified atom stereocenters. The van der Waals surface area contributed by atoms with Crippen LogP contribution in [0.3, 0.4) is 0 Å². The third kappa shape index (κ3) is 5.81. The van der Waals surface area contributed by atoms with E-state index >= 15 is 0 Å². The number of nitrogens with one attached hydrogen (secondary N) is 1. The minimum Gasteiger partial charge on any atom is -0.381 e. The first-order valence-corrected chi connectivity index (χ1v) is 14.0. The van der Waals surface area contributed by atoms with Gasteiger partial charge in [0.2, 0.25) is 5.91 Å². The second-order valence-corrected chi connectivity index (χ2v) is 11.2. The highest BCUT2D eigenvalue weighted by Crippen LogP contribution is 2.36. The maximum atomic E-state index is 13.3. The summed E-state index contributed by atoms with van der Waals surface area (Å²) in [6, 6.07) is 3.83. The molecule has 4 aliphatic rings. The van der Waals surface area contributed by atoms with Gasteiger partial charge >= 0.3 is 6.18 Å². The summed E-state index contributed by atoms with van der Waals surface area (Å²) in [5.74, 6) is -0.205. The normalized spacial score (nSPS) is 26.0. The van der Waals surface area contributed by atoms with E-state index in [2.05, 4.69) is 15.2 Å². The summed E-state index contributed by atoms with van der Waals surface area (Å²) in [5, 5.41) is 3.17. The smallest absolute Gasteiger partial charge is 0.381 e. The van der Waals surface area contributed by atoms with E-state index < -0.39 is 17.3 Å². The third-order valence-electron chi connectivity index (χ3n) is 8.59. The van der Waals surface area contributed by atoms with Gasteiger partial charge < -0.3 is 19.4 Å². The van der Waals surface area contributed by atoms with Crippen LogP contribution in [0.1, 0.15) is 47.8 Å². The first-order valence-electron chi connectivity index (χ1n) is 14.0. The van der Waals surface area contributed by atoms with E-state index in [1.54, 1.807) is 11.1 Å². The Morgan fingerprint density at radius 2 is 1.98 bits per heavy atom. The number of nitrogens with zero attached hydrogens (tertiary/aromatic N) is 4. The number of hydrogen-bond donors (Lipinski definition) is 1. The van der Waals surface area contributed by atoms with Gasteiger partial charge in [-0.05, 0) is 43.4 Å². The minimum atomic E-state index is -4.60. The Morgan fingerprint density at radius 1 is 1.15 bits per heavy atom. The molecule has 0 bridgehead atoms. The second kappa shape index (κ2) is 11.2. The average Bonchev–Trinajstić information content (AvgIpc) is 3.52. The number of rotatable bonds is 6. The molecule has 3 aliphatic heterocycles. The Balaban J connectivity index is 1.12. The number of halogens is 3. The molecule has 0 saturated carbocycles. The topological polar surface area (TPSA) is 88.9 Å². The zero-order valence-electron chi connectivity index (χ0n) is 22.2. The summed E-state index contributed by atoms with van der Waals surface area (Å²) in [6.07, 6.45) is 2.50. The van der Waals surface area contributed by atoms with Crippen LogP contribution in [0, 0.1) is 0 Å². The van der Waals surface area contributed by atoms with Crippen molar-refractivity contribution in [2.75, 3.05) is 39.4 Å². The maximum absolute atomic E-state index is 13.3. The van der Waals surface area contributed by atoms with Gasteiger partial charge in [-0.15, -0.1) is 0 Å². The lowest BCUT2D eigenvalue weighted by atomic mass is 10.1. The van der Waals surface area contributed by atoms with Crippen LogP contribution in [0.25, 0.3) is 0 Å². The molecule has 2 aromatic heterocycles. The quantitative estimate of drug-likeness (QED) is 0.578. The van der Waals surface area contributed by atoms with Gasteiger partial charge in [0.15, 0.2) is 0 Å². The Morgan fingerprint density at radius 3 is 2.77 bits per heavy atom. The van der Waals surface area contributed by atoms with Gasteiger partial charge in [0, 0.05) is 81.7 Å². The molecule has 2 saturated heterocycles. The lowest BCUT2D eigenvalue weighted by Gasteiger charge is -2.31. The predicted molar refractivity (Wildman–Crippen MR) is 138 cm³/mol. The number of alkyl halides is 3. The molecule has 9 nitrogen and oxygen atoms in total. The van der Waals surface area contributed by atoms with Crippen LogP contribution in [0.5, 0.6) is 0 Å². The van der Waals surface area contributed by atoms with E-state index in [4.69, 9.17) is 9.47 Å². The molecular formula is C28H34F3N5O4. The summed E-state index contributed by atoms with van der Waals surface area (Å²) in [5.41, 5.74) is 0.991. The molecule has 2 aromatic rings. The van der Waals surface area contributed by atoms with Crippen LogP contribution < -0.4 is 10.9 Å². The number of aryl methyl sites for hydroxylation is 1. The molecule has 5 heterocycles. The number of carbonyl (C=O) groups excluding carboxylic acids is 1. The predicted octanol–water partition coefficient (Wildman–Crippen LogP) is 2.13. The van der Waals surface area contributed by atoms with E-state index in [9.17, 15) is 22.8 Å². The molecule has 12 heteroatoms. The van der Waals surface area contributed by atoms with E-state index in [1.165, 1.54) is 10.1 Å². The zero-order chi connectivity index (χ0) is 27.9. The van der Waals surface area contributed by atoms with Crippen molar-refractivity contribution in [3.05, 3.63) is 63.3 Å². The lowest BCUT2D eigenvalue weighted by Crippen LogP contribution is -2.49. The summed E-state index contributed by atoms with van der Waals surface area (Å²) >= 11 is 0. The van der Waals surface area contributed by atoms with Crippen molar-refractivity contribution < 1.29 is 27.4 Å². The van der Waals surface area contributed by atoms with E-state index in [0.29, 0.717) is 31.7 Å².